The molecule has 2 aromatic carbocycles. The van der Waals surface area contributed by atoms with Gasteiger partial charge in [0.2, 0.25) is 5.91 Å². The van der Waals surface area contributed by atoms with E-state index in [-0.39, 0.29) is 17.1 Å². The second-order valence-electron chi connectivity index (χ2n) is 8.35. The van der Waals surface area contributed by atoms with Crippen LogP contribution in [0.15, 0.2) is 36.7 Å². The molecule has 3 aromatic rings. The summed E-state index contributed by atoms with van der Waals surface area (Å²) in [6.45, 7) is 10.7. The lowest BCUT2D eigenvalue weighted by atomic mass is 9.92. The maximum Gasteiger partial charge on any atom is 0.224 e. The van der Waals surface area contributed by atoms with Crippen molar-refractivity contribution in [2.75, 3.05) is 5.32 Å². The van der Waals surface area contributed by atoms with Crippen molar-refractivity contribution in [3.05, 3.63) is 59.2 Å². The Morgan fingerprint density at radius 3 is 2.48 bits per heavy atom. The molecule has 0 aliphatic carbocycles. The molecular formula is C22H26FN3O. The van der Waals surface area contributed by atoms with E-state index in [4.69, 9.17) is 0 Å². The number of nitrogens with one attached hydrogen (secondary N) is 1. The normalized spacial score (nSPS) is 11.8. The smallest absolute Gasteiger partial charge is 0.224 e. The van der Waals surface area contributed by atoms with Crippen LogP contribution < -0.4 is 5.32 Å². The van der Waals surface area contributed by atoms with Gasteiger partial charge in [-0.3, -0.25) is 4.79 Å². The van der Waals surface area contributed by atoms with Crippen LogP contribution in [0.3, 0.4) is 0 Å². The van der Waals surface area contributed by atoms with Crippen molar-refractivity contribution in [1.82, 2.24) is 9.55 Å². The number of halogens is 1. The topological polar surface area (TPSA) is 46.9 Å². The number of fused-ring (bicyclic) bond motifs is 1. The molecule has 0 saturated heterocycles. The number of aromatic nitrogens is 2. The number of imidazole rings is 1. The quantitative estimate of drug-likeness (QED) is 0.687. The fourth-order valence-corrected chi connectivity index (χ4v) is 3.29. The lowest BCUT2D eigenvalue weighted by molar-refractivity contribution is -0.117. The minimum absolute atomic E-state index is 0.0128. The van der Waals surface area contributed by atoms with Crippen molar-refractivity contribution >= 4 is 22.6 Å². The standard InChI is InChI=1S/C22H26FN3O/c1-14-10-18-21(15(2)20(14)25-19(27)11-22(3,4)5)24-13-26(18)12-16-6-8-17(23)9-7-16/h6-10,13H,11-12H2,1-5H3,(H,25,27). The van der Waals surface area contributed by atoms with Crippen LogP contribution >= 0.6 is 0 Å². The third-order valence-electron chi connectivity index (χ3n) is 4.58. The first-order valence-corrected chi connectivity index (χ1v) is 9.13. The summed E-state index contributed by atoms with van der Waals surface area (Å²) in [6.07, 6.45) is 2.25. The molecule has 0 aliphatic heterocycles. The minimum atomic E-state index is -0.239. The van der Waals surface area contributed by atoms with E-state index in [1.807, 2.05) is 45.3 Å². The first kappa shape index (κ1) is 19.1. The van der Waals surface area contributed by atoms with Crippen LogP contribution in [0.25, 0.3) is 11.0 Å². The number of hydrogen-bond acceptors (Lipinski definition) is 2. The number of carbonyl (C=O) groups excluding carboxylic acids is 1. The van der Waals surface area contributed by atoms with E-state index in [1.165, 1.54) is 12.1 Å². The Morgan fingerprint density at radius 1 is 1.19 bits per heavy atom. The van der Waals surface area contributed by atoms with E-state index in [9.17, 15) is 9.18 Å². The van der Waals surface area contributed by atoms with Crippen molar-refractivity contribution in [1.29, 1.82) is 0 Å². The summed E-state index contributed by atoms with van der Waals surface area (Å²) in [4.78, 5) is 16.9. The molecule has 0 spiro atoms. The van der Waals surface area contributed by atoms with E-state index < -0.39 is 0 Å². The lowest BCUT2D eigenvalue weighted by Crippen LogP contribution is -2.20. The van der Waals surface area contributed by atoms with E-state index in [1.54, 1.807) is 18.5 Å². The highest BCUT2D eigenvalue weighted by molar-refractivity contribution is 5.96. The van der Waals surface area contributed by atoms with Crippen LogP contribution in [0.1, 0.15) is 43.9 Å². The molecule has 1 amide bonds. The zero-order valence-corrected chi connectivity index (χ0v) is 16.6. The van der Waals surface area contributed by atoms with Gasteiger partial charge in [-0.1, -0.05) is 32.9 Å². The number of benzene rings is 2. The zero-order chi connectivity index (χ0) is 19.8. The second-order valence-corrected chi connectivity index (χ2v) is 8.35. The number of amides is 1. The highest BCUT2D eigenvalue weighted by Gasteiger charge is 2.19. The van der Waals surface area contributed by atoms with Gasteiger partial charge in [-0.05, 0) is 48.6 Å². The lowest BCUT2D eigenvalue weighted by Gasteiger charge is -2.19. The van der Waals surface area contributed by atoms with Crippen LogP contribution in [0, 0.1) is 25.1 Å². The zero-order valence-electron chi connectivity index (χ0n) is 16.6. The second kappa shape index (κ2) is 7.14. The molecule has 0 fully saturated rings. The summed E-state index contributed by atoms with van der Waals surface area (Å²) < 4.78 is 15.2. The largest absolute Gasteiger partial charge is 0.326 e. The molecule has 142 valence electrons. The Labute approximate surface area is 159 Å². The number of nitrogens with zero attached hydrogens (tertiary/aromatic N) is 2. The van der Waals surface area contributed by atoms with Crippen LogP contribution in [0.2, 0.25) is 0 Å². The van der Waals surface area contributed by atoms with Crippen molar-refractivity contribution in [3.63, 3.8) is 0 Å². The Bertz CT molecular complexity index is 981. The number of rotatable bonds is 4. The van der Waals surface area contributed by atoms with Crippen LogP contribution in [-0.2, 0) is 11.3 Å². The van der Waals surface area contributed by atoms with Crippen LogP contribution in [-0.4, -0.2) is 15.5 Å². The van der Waals surface area contributed by atoms with Crippen molar-refractivity contribution in [2.24, 2.45) is 5.41 Å². The SMILES string of the molecule is Cc1cc2c(ncn2Cc2ccc(F)cc2)c(C)c1NC(=O)CC(C)(C)C. The van der Waals surface area contributed by atoms with Gasteiger partial charge in [0, 0.05) is 24.2 Å². The first-order valence-electron chi connectivity index (χ1n) is 9.13. The fourth-order valence-electron chi connectivity index (χ4n) is 3.29. The Morgan fingerprint density at radius 2 is 1.85 bits per heavy atom. The third-order valence-corrected chi connectivity index (χ3v) is 4.58. The molecule has 27 heavy (non-hydrogen) atoms. The molecule has 4 nitrogen and oxygen atoms in total. The molecule has 0 unspecified atom stereocenters. The average molecular weight is 367 g/mol. The molecule has 0 radical (unpaired) electrons. The molecular weight excluding hydrogens is 341 g/mol. The van der Waals surface area contributed by atoms with Gasteiger partial charge in [-0.25, -0.2) is 9.37 Å². The molecule has 5 heteroatoms. The Hall–Kier alpha value is -2.69. The predicted octanol–water partition coefficient (Wildman–Crippen LogP) is 5.22. The summed E-state index contributed by atoms with van der Waals surface area (Å²) in [5.41, 5.74) is 5.62. The molecule has 1 heterocycles. The Balaban J connectivity index is 1.92. The van der Waals surface area contributed by atoms with Gasteiger partial charge in [0.25, 0.3) is 0 Å². The number of aryl methyl sites for hydroxylation is 2. The van der Waals surface area contributed by atoms with Crippen LogP contribution in [0.4, 0.5) is 10.1 Å². The van der Waals surface area contributed by atoms with Gasteiger partial charge in [-0.2, -0.15) is 0 Å². The molecule has 0 saturated carbocycles. The number of carbonyl (C=O) groups is 1. The summed E-state index contributed by atoms with van der Waals surface area (Å²) in [6, 6.07) is 8.54. The number of anilines is 1. The van der Waals surface area contributed by atoms with Gasteiger partial charge in [0.1, 0.15) is 5.82 Å². The molecule has 1 aromatic heterocycles. The minimum Gasteiger partial charge on any atom is -0.326 e. The van der Waals surface area contributed by atoms with Crippen molar-refractivity contribution in [2.45, 2.75) is 47.6 Å². The monoisotopic (exact) mass is 367 g/mol. The predicted molar refractivity (Wildman–Crippen MR) is 107 cm³/mol. The number of hydrogen-bond donors (Lipinski definition) is 1. The Kier molecular flexibility index (Phi) is 5.05. The summed E-state index contributed by atoms with van der Waals surface area (Å²) in [5, 5.41) is 3.06. The molecule has 3 rings (SSSR count). The molecule has 0 bridgehead atoms. The van der Waals surface area contributed by atoms with E-state index in [0.29, 0.717) is 13.0 Å². The fraction of sp³-hybridized carbons (Fsp3) is 0.364. The third kappa shape index (κ3) is 4.35. The van der Waals surface area contributed by atoms with E-state index in [2.05, 4.69) is 10.3 Å². The summed E-state index contributed by atoms with van der Waals surface area (Å²) in [5.74, 6) is -0.227. The summed E-state index contributed by atoms with van der Waals surface area (Å²) >= 11 is 0. The first-order chi connectivity index (χ1) is 12.6. The van der Waals surface area contributed by atoms with Crippen molar-refractivity contribution < 1.29 is 9.18 Å². The molecule has 1 N–H and O–H groups in total. The maximum atomic E-state index is 13.1. The van der Waals surface area contributed by atoms with E-state index >= 15 is 0 Å². The average Bonchev–Trinajstić information content (AvgIpc) is 2.95. The van der Waals surface area contributed by atoms with Gasteiger partial charge in [-0.15, -0.1) is 0 Å². The van der Waals surface area contributed by atoms with Gasteiger partial charge < -0.3 is 9.88 Å². The summed E-state index contributed by atoms with van der Waals surface area (Å²) in [7, 11) is 0. The van der Waals surface area contributed by atoms with Gasteiger partial charge in [0.05, 0.1) is 17.4 Å². The molecule has 0 atom stereocenters. The van der Waals surface area contributed by atoms with Crippen molar-refractivity contribution in [3.8, 4) is 0 Å². The van der Waals surface area contributed by atoms with Gasteiger partial charge in [0.15, 0.2) is 0 Å². The molecule has 0 aliphatic rings. The highest BCUT2D eigenvalue weighted by atomic mass is 19.1. The van der Waals surface area contributed by atoms with Crippen LogP contribution in [0.5, 0.6) is 0 Å². The van der Waals surface area contributed by atoms with Gasteiger partial charge >= 0.3 is 0 Å². The highest BCUT2D eigenvalue weighted by Crippen LogP contribution is 2.30. The van der Waals surface area contributed by atoms with E-state index in [0.717, 1.165) is 33.4 Å². The maximum absolute atomic E-state index is 13.1.